The van der Waals surface area contributed by atoms with E-state index in [4.69, 9.17) is 10.5 Å². The number of nitrogens with two attached hydrogens (primary N) is 1. The van der Waals surface area contributed by atoms with Crippen LogP contribution >= 0.6 is 39.0 Å². The van der Waals surface area contributed by atoms with Crippen LogP contribution in [-0.4, -0.2) is 23.9 Å². The number of thiophene rings is 1. The number of ether oxygens (including phenoxy) is 1. The van der Waals surface area contributed by atoms with E-state index in [-0.39, 0.29) is 11.2 Å². The smallest absolute Gasteiger partial charge is 0.316 e. The first kappa shape index (κ1) is 16.0. The fraction of sp³-hybridized carbons (Fsp3) is 0.583. The molecule has 3 nitrogen and oxygen atoms in total. The molecule has 0 aliphatic heterocycles. The predicted octanol–water partition coefficient (Wildman–Crippen LogP) is 3.59. The van der Waals surface area contributed by atoms with Gasteiger partial charge in [-0.15, -0.1) is 23.1 Å². The lowest BCUT2D eigenvalue weighted by Crippen LogP contribution is -2.25. The van der Waals surface area contributed by atoms with Gasteiger partial charge in [-0.3, -0.25) is 4.79 Å². The van der Waals surface area contributed by atoms with Crippen LogP contribution in [0.25, 0.3) is 0 Å². The molecular formula is C12H18BrNO2S2. The summed E-state index contributed by atoms with van der Waals surface area (Å²) in [7, 11) is 0. The molecule has 0 bridgehead atoms. The second-order valence-corrected chi connectivity index (χ2v) is 7.84. The molecule has 0 saturated carbocycles. The Kier molecular flexibility index (Phi) is 6.17. The minimum absolute atomic E-state index is 0.147. The van der Waals surface area contributed by atoms with Gasteiger partial charge in [-0.2, -0.15) is 0 Å². The molecule has 0 aliphatic carbocycles. The van der Waals surface area contributed by atoms with E-state index in [0.29, 0.717) is 12.3 Å². The minimum Gasteiger partial charge on any atom is -0.459 e. The van der Waals surface area contributed by atoms with E-state index in [9.17, 15) is 4.79 Å². The largest absolute Gasteiger partial charge is 0.459 e. The standard InChI is InChI=1S/C12H18BrNO2S2/c1-12(2,3)16-11(15)7-18-10(5-14)9-4-8(13)6-17-9/h4,6,10H,5,7,14H2,1-3H3. The topological polar surface area (TPSA) is 52.3 Å². The third-order valence-electron chi connectivity index (χ3n) is 1.94. The highest BCUT2D eigenvalue weighted by Gasteiger charge is 2.19. The summed E-state index contributed by atoms with van der Waals surface area (Å²) in [5.74, 6) is 0.135. The quantitative estimate of drug-likeness (QED) is 0.823. The first-order chi connectivity index (χ1) is 8.31. The number of rotatable bonds is 5. The van der Waals surface area contributed by atoms with E-state index in [1.165, 1.54) is 16.6 Å². The van der Waals surface area contributed by atoms with Gasteiger partial charge in [0.05, 0.1) is 11.0 Å². The fourth-order valence-electron chi connectivity index (χ4n) is 1.30. The second kappa shape index (κ2) is 6.93. The summed E-state index contributed by atoms with van der Waals surface area (Å²) >= 11 is 6.59. The average molecular weight is 352 g/mol. The van der Waals surface area contributed by atoms with E-state index in [0.717, 1.165) is 4.47 Å². The highest BCUT2D eigenvalue weighted by atomic mass is 79.9. The normalized spacial score (nSPS) is 13.4. The van der Waals surface area contributed by atoms with Crippen LogP contribution in [-0.2, 0) is 9.53 Å². The number of hydrogen-bond donors (Lipinski definition) is 1. The molecule has 0 fully saturated rings. The van der Waals surface area contributed by atoms with Crippen LogP contribution < -0.4 is 5.73 Å². The molecule has 1 unspecified atom stereocenters. The van der Waals surface area contributed by atoms with Gasteiger partial charge in [0.15, 0.2) is 0 Å². The van der Waals surface area contributed by atoms with E-state index in [1.54, 1.807) is 11.3 Å². The SMILES string of the molecule is CC(C)(C)OC(=O)CSC(CN)c1cc(Br)cs1. The maximum Gasteiger partial charge on any atom is 0.316 e. The maximum atomic E-state index is 11.6. The van der Waals surface area contributed by atoms with Crippen LogP contribution in [0.5, 0.6) is 0 Å². The summed E-state index contributed by atoms with van der Waals surface area (Å²) in [6.45, 7) is 6.12. The Hall–Kier alpha value is -0.0400. The van der Waals surface area contributed by atoms with Crippen molar-refractivity contribution in [1.29, 1.82) is 0 Å². The molecule has 18 heavy (non-hydrogen) atoms. The van der Waals surface area contributed by atoms with E-state index >= 15 is 0 Å². The summed E-state index contributed by atoms with van der Waals surface area (Å²) in [5, 5.41) is 2.17. The Labute approximate surface area is 125 Å². The minimum atomic E-state index is -0.429. The molecule has 0 spiro atoms. The van der Waals surface area contributed by atoms with Crippen molar-refractivity contribution >= 4 is 45.0 Å². The first-order valence-corrected chi connectivity index (χ1v) is 8.31. The van der Waals surface area contributed by atoms with Crippen LogP contribution in [0.4, 0.5) is 0 Å². The van der Waals surface area contributed by atoms with Crippen molar-refractivity contribution < 1.29 is 9.53 Å². The molecule has 6 heteroatoms. The first-order valence-electron chi connectivity index (χ1n) is 5.59. The van der Waals surface area contributed by atoms with Gasteiger partial charge in [0.25, 0.3) is 0 Å². The summed E-state index contributed by atoms with van der Waals surface area (Å²) < 4.78 is 6.32. The van der Waals surface area contributed by atoms with Crippen LogP contribution in [0.3, 0.4) is 0 Å². The van der Waals surface area contributed by atoms with Crippen molar-refractivity contribution in [1.82, 2.24) is 0 Å². The summed E-state index contributed by atoms with van der Waals surface area (Å²) in [4.78, 5) is 12.8. The van der Waals surface area contributed by atoms with Gasteiger partial charge in [0.1, 0.15) is 5.60 Å². The molecule has 1 aromatic rings. The fourth-order valence-corrected chi connectivity index (χ4v) is 3.88. The molecule has 0 amide bonds. The van der Waals surface area contributed by atoms with Crippen LogP contribution in [0.2, 0.25) is 0 Å². The van der Waals surface area contributed by atoms with E-state index < -0.39 is 5.60 Å². The van der Waals surface area contributed by atoms with Crippen LogP contribution in [0, 0.1) is 0 Å². The Morgan fingerprint density at radius 2 is 2.28 bits per heavy atom. The molecular weight excluding hydrogens is 334 g/mol. The van der Waals surface area contributed by atoms with Crippen molar-refractivity contribution in [2.24, 2.45) is 5.73 Å². The summed E-state index contributed by atoms with van der Waals surface area (Å²) in [5.41, 5.74) is 5.32. The number of thioether (sulfide) groups is 1. The molecule has 0 radical (unpaired) electrons. The highest BCUT2D eigenvalue weighted by molar-refractivity contribution is 9.10. The third-order valence-corrected chi connectivity index (χ3v) is 5.15. The third kappa shape index (κ3) is 5.73. The molecule has 1 aromatic heterocycles. The van der Waals surface area contributed by atoms with Gasteiger partial charge >= 0.3 is 5.97 Å². The number of carbonyl (C=O) groups is 1. The molecule has 2 N–H and O–H groups in total. The second-order valence-electron chi connectivity index (χ2n) is 4.79. The van der Waals surface area contributed by atoms with Gasteiger partial charge in [-0.25, -0.2) is 0 Å². The van der Waals surface area contributed by atoms with Crippen molar-refractivity contribution in [3.05, 3.63) is 20.8 Å². The number of carbonyl (C=O) groups excluding carboxylic acids is 1. The number of esters is 1. The van der Waals surface area contributed by atoms with Gasteiger partial charge < -0.3 is 10.5 Å². The monoisotopic (exact) mass is 351 g/mol. The zero-order chi connectivity index (χ0) is 13.8. The van der Waals surface area contributed by atoms with Crippen molar-refractivity contribution in [3.8, 4) is 0 Å². The molecule has 0 aliphatic rings. The Bertz CT molecular complexity index is 401. The van der Waals surface area contributed by atoms with Crippen LogP contribution in [0.1, 0.15) is 30.9 Å². The zero-order valence-corrected chi connectivity index (χ0v) is 14.0. The molecule has 102 valence electrons. The summed E-state index contributed by atoms with van der Waals surface area (Å²) in [6.07, 6.45) is 0. The van der Waals surface area contributed by atoms with Gasteiger partial charge in [-0.1, -0.05) is 0 Å². The molecule has 0 aromatic carbocycles. The van der Waals surface area contributed by atoms with Gasteiger partial charge in [0.2, 0.25) is 0 Å². The Morgan fingerprint density at radius 1 is 1.61 bits per heavy atom. The van der Waals surface area contributed by atoms with Gasteiger partial charge in [-0.05, 0) is 42.8 Å². The molecule has 1 atom stereocenters. The highest BCUT2D eigenvalue weighted by Crippen LogP contribution is 2.34. The molecule has 1 heterocycles. The molecule has 0 saturated heterocycles. The molecule has 1 rings (SSSR count). The van der Waals surface area contributed by atoms with E-state index in [2.05, 4.69) is 15.9 Å². The van der Waals surface area contributed by atoms with Gasteiger partial charge in [0, 0.05) is 21.3 Å². The van der Waals surface area contributed by atoms with Crippen molar-refractivity contribution in [3.63, 3.8) is 0 Å². The number of hydrogen-bond acceptors (Lipinski definition) is 5. The Morgan fingerprint density at radius 3 is 2.72 bits per heavy atom. The lowest BCUT2D eigenvalue weighted by atomic mass is 10.2. The lowest BCUT2D eigenvalue weighted by Gasteiger charge is -2.20. The van der Waals surface area contributed by atoms with Crippen molar-refractivity contribution in [2.45, 2.75) is 31.6 Å². The lowest BCUT2D eigenvalue weighted by molar-refractivity contribution is -0.151. The number of halogens is 1. The van der Waals surface area contributed by atoms with Crippen LogP contribution in [0.15, 0.2) is 15.9 Å². The van der Waals surface area contributed by atoms with E-state index in [1.807, 2.05) is 32.2 Å². The zero-order valence-electron chi connectivity index (χ0n) is 10.7. The predicted molar refractivity (Wildman–Crippen MR) is 82.1 cm³/mol. The Balaban J connectivity index is 2.48. The maximum absolute atomic E-state index is 11.6. The van der Waals surface area contributed by atoms with Crippen molar-refractivity contribution in [2.75, 3.05) is 12.3 Å². The summed E-state index contributed by atoms with van der Waals surface area (Å²) in [6, 6.07) is 2.05. The average Bonchev–Trinajstić information content (AvgIpc) is 2.63.